The van der Waals surface area contributed by atoms with Crippen molar-refractivity contribution in [3.05, 3.63) is 60.3 Å². The van der Waals surface area contributed by atoms with E-state index in [1.54, 1.807) is 0 Å². The molecule has 0 saturated carbocycles. The van der Waals surface area contributed by atoms with Gasteiger partial charge in [0, 0.05) is 32.7 Å². The normalized spacial score (nSPS) is 10.2. The van der Waals surface area contributed by atoms with E-state index in [9.17, 15) is 0 Å². The summed E-state index contributed by atoms with van der Waals surface area (Å²) in [6.07, 6.45) is 1.95. The minimum Gasteiger partial charge on any atom is -0.485 e. The molecule has 0 N–H and O–H groups in total. The van der Waals surface area contributed by atoms with E-state index in [1.807, 2.05) is 23.9 Å². The van der Waals surface area contributed by atoms with Gasteiger partial charge in [0.05, 0.1) is 11.9 Å². The van der Waals surface area contributed by atoms with E-state index >= 15 is 0 Å². The van der Waals surface area contributed by atoms with E-state index in [4.69, 9.17) is 6.72 Å². The molecule has 0 spiro atoms. The SMILES string of the molecule is [CH-]=Nc1[c-]c(-c2cc3ccccc3cc2C)[n+](C)cc1.[Y]. The molecule has 1 heterocycles. The van der Waals surface area contributed by atoms with Gasteiger partial charge in [-0.05, 0) is 10.8 Å². The fourth-order valence-corrected chi connectivity index (χ4v) is 2.45. The Balaban J connectivity index is 0.00000161. The van der Waals surface area contributed by atoms with Crippen LogP contribution in [0.3, 0.4) is 0 Å². The fourth-order valence-electron chi connectivity index (χ4n) is 2.45. The van der Waals surface area contributed by atoms with Crippen LogP contribution in [0, 0.1) is 13.0 Å². The maximum atomic E-state index is 5.36. The Morgan fingerprint density at radius 2 is 1.76 bits per heavy atom. The first kappa shape index (κ1) is 16.0. The van der Waals surface area contributed by atoms with E-state index in [1.165, 1.54) is 16.3 Å². The summed E-state index contributed by atoms with van der Waals surface area (Å²) in [5, 5.41) is 2.47. The largest absolute Gasteiger partial charge is 0.485 e. The predicted octanol–water partition coefficient (Wildman–Crippen LogP) is 3.65. The van der Waals surface area contributed by atoms with Crippen LogP contribution < -0.4 is 4.57 Å². The third kappa shape index (κ3) is 3.12. The molecular weight excluding hydrogens is 333 g/mol. The van der Waals surface area contributed by atoms with E-state index < -0.39 is 0 Å². The molecule has 2 aromatic carbocycles. The number of hydrogen-bond acceptors (Lipinski definition) is 1. The Morgan fingerprint density at radius 3 is 2.43 bits per heavy atom. The molecule has 0 fully saturated rings. The van der Waals surface area contributed by atoms with Gasteiger partial charge in [0.25, 0.3) is 0 Å². The van der Waals surface area contributed by atoms with Gasteiger partial charge in [-0.1, -0.05) is 54.4 Å². The third-order valence-electron chi connectivity index (χ3n) is 3.54. The number of benzene rings is 2. The zero-order valence-electron chi connectivity index (χ0n) is 12.2. The maximum absolute atomic E-state index is 5.36. The van der Waals surface area contributed by atoms with Gasteiger partial charge in [0.2, 0.25) is 0 Å². The Labute approximate surface area is 150 Å². The number of nitrogens with zero attached hydrogens (tertiary/aromatic N) is 2. The summed E-state index contributed by atoms with van der Waals surface area (Å²) >= 11 is 0. The number of hydrogen-bond donors (Lipinski definition) is 0. The van der Waals surface area contributed by atoms with Crippen LogP contribution >= 0.6 is 0 Å². The Bertz CT molecular complexity index is 809. The van der Waals surface area contributed by atoms with Crippen LogP contribution in [-0.2, 0) is 39.8 Å². The van der Waals surface area contributed by atoms with Crippen molar-refractivity contribution in [2.24, 2.45) is 12.0 Å². The van der Waals surface area contributed by atoms with Crippen LogP contribution in [0.4, 0.5) is 5.69 Å². The third-order valence-corrected chi connectivity index (χ3v) is 3.54. The number of aromatic nitrogens is 1. The summed E-state index contributed by atoms with van der Waals surface area (Å²) in [5.41, 5.74) is 4.01. The molecule has 0 aliphatic rings. The van der Waals surface area contributed by atoms with Gasteiger partial charge in [-0.3, -0.25) is 0 Å². The summed E-state index contributed by atoms with van der Waals surface area (Å²) in [6, 6.07) is 17.8. The zero-order valence-corrected chi connectivity index (χ0v) is 15.0. The average molecular weight is 348 g/mol. The second-order valence-corrected chi connectivity index (χ2v) is 4.93. The molecule has 0 aliphatic carbocycles. The summed E-state index contributed by atoms with van der Waals surface area (Å²) in [4.78, 5) is 3.72. The molecule has 3 aromatic rings. The second-order valence-electron chi connectivity index (χ2n) is 4.93. The van der Waals surface area contributed by atoms with Crippen molar-refractivity contribution < 1.29 is 37.3 Å². The van der Waals surface area contributed by atoms with Gasteiger partial charge in [0.1, 0.15) is 7.05 Å². The second kappa shape index (κ2) is 6.59. The van der Waals surface area contributed by atoms with Crippen LogP contribution in [0.1, 0.15) is 5.56 Å². The van der Waals surface area contributed by atoms with Gasteiger partial charge in [0.15, 0.2) is 0 Å². The zero-order chi connectivity index (χ0) is 14.1. The van der Waals surface area contributed by atoms with Gasteiger partial charge in [-0.15, -0.1) is 0 Å². The molecule has 21 heavy (non-hydrogen) atoms. The fraction of sp³-hybridized carbons (Fsp3) is 0.111. The van der Waals surface area contributed by atoms with E-state index in [2.05, 4.69) is 54.4 Å². The van der Waals surface area contributed by atoms with Crippen molar-refractivity contribution in [1.82, 2.24) is 0 Å². The number of fused-ring (bicyclic) bond motifs is 1. The molecule has 0 amide bonds. The van der Waals surface area contributed by atoms with Crippen molar-refractivity contribution in [3.63, 3.8) is 0 Å². The van der Waals surface area contributed by atoms with Crippen molar-refractivity contribution in [2.75, 3.05) is 0 Å². The van der Waals surface area contributed by atoms with Gasteiger partial charge >= 0.3 is 0 Å². The van der Waals surface area contributed by atoms with Gasteiger partial charge in [-0.2, -0.15) is 24.5 Å². The molecule has 3 rings (SSSR count). The van der Waals surface area contributed by atoms with E-state index in [0.29, 0.717) is 5.69 Å². The first-order valence-electron chi connectivity index (χ1n) is 6.51. The smallest absolute Gasteiger partial charge is 0.135 e. The molecule has 1 radical (unpaired) electrons. The van der Waals surface area contributed by atoms with Gasteiger partial charge in [-0.25, -0.2) is 4.57 Å². The van der Waals surface area contributed by atoms with Crippen molar-refractivity contribution in [2.45, 2.75) is 6.92 Å². The molecular formula is C18H15N2Y-. The monoisotopic (exact) mass is 348 g/mol. The summed E-state index contributed by atoms with van der Waals surface area (Å²) in [7, 11) is 2.00. The summed E-state index contributed by atoms with van der Waals surface area (Å²) < 4.78 is 2.03. The molecule has 0 bridgehead atoms. The maximum Gasteiger partial charge on any atom is 0.135 e. The number of aliphatic imine (C=N–C) groups is 1. The van der Waals surface area contributed by atoms with Crippen LogP contribution in [0.25, 0.3) is 22.0 Å². The number of rotatable bonds is 2. The molecule has 3 heteroatoms. The Hall–Kier alpha value is -1.38. The minimum absolute atomic E-state index is 0. The van der Waals surface area contributed by atoms with E-state index in [0.717, 1.165) is 11.3 Å². The minimum atomic E-state index is 0. The first-order chi connectivity index (χ1) is 9.69. The summed E-state index contributed by atoms with van der Waals surface area (Å²) in [5.74, 6) is 0. The Morgan fingerprint density at radius 1 is 1.10 bits per heavy atom. The van der Waals surface area contributed by atoms with Crippen LogP contribution in [0.15, 0.2) is 53.7 Å². The molecule has 101 valence electrons. The summed E-state index contributed by atoms with van der Waals surface area (Å²) in [6.45, 7) is 7.47. The molecule has 0 unspecified atom stereocenters. The van der Waals surface area contributed by atoms with Crippen LogP contribution in [-0.4, -0.2) is 6.72 Å². The Kier molecular flexibility index (Phi) is 5.02. The quantitative estimate of drug-likeness (QED) is 0.382. The van der Waals surface area contributed by atoms with Crippen molar-refractivity contribution >= 4 is 23.2 Å². The van der Waals surface area contributed by atoms with Crippen LogP contribution in [0.5, 0.6) is 0 Å². The number of pyridine rings is 1. The van der Waals surface area contributed by atoms with E-state index in [-0.39, 0.29) is 32.7 Å². The predicted molar refractivity (Wildman–Crippen MR) is 82.3 cm³/mol. The standard InChI is InChI=1S/C18H15N2.Y/c1-13-10-14-6-4-5-7-15(14)11-17(13)18-12-16(19-2)8-9-20(18)3;/h2,4-11H,1,3H3;/q-1;. The molecule has 2 nitrogen and oxygen atoms in total. The van der Waals surface area contributed by atoms with Crippen molar-refractivity contribution in [3.8, 4) is 11.3 Å². The van der Waals surface area contributed by atoms with Crippen LogP contribution in [0.2, 0.25) is 0 Å². The molecule has 0 aliphatic heterocycles. The molecule has 1 aromatic heterocycles. The first-order valence-corrected chi connectivity index (χ1v) is 6.51. The molecule has 0 saturated heterocycles. The van der Waals surface area contributed by atoms with Gasteiger partial charge < -0.3 is 4.99 Å². The number of aryl methyl sites for hydroxylation is 2. The van der Waals surface area contributed by atoms with Crippen molar-refractivity contribution in [1.29, 1.82) is 0 Å². The molecule has 0 atom stereocenters. The topological polar surface area (TPSA) is 16.2 Å². The average Bonchev–Trinajstić information content (AvgIpc) is 2.47.